The number of amides is 1. The molecular weight excluding hydrogens is 424 g/mol. The fourth-order valence-electron chi connectivity index (χ4n) is 3.80. The van der Waals surface area contributed by atoms with Crippen molar-refractivity contribution in [3.63, 3.8) is 0 Å². The lowest BCUT2D eigenvalue weighted by Crippen LogP contribution is -2.35. The van der Waals surface area contributed by atoms with E-state index in [1.807, 2.05) is 44.2 Å². The lowest BCUT2D eigenvalue weighted by atomic mass is 10.1. The van der Waals surface area contributed by atoms with Crippen molar-refractivity contribution in [3.05, 3.63) is 65.7 Å². The number of ether oxygens (including phenoxy) is 1. The molecule has 3 rings (SSSR count). The Hall–Kier alpha value is -2.64. The molecule has 32 heavy (non-hydrogen) atoms. The van der Waals surface area contributed by atoms with Crippen LogP contribution in [0.25, 0.3) is 6.08 Å². The molecule has 1 aliphatic heterocycles. The summed E-state index contributed by atoms with van der Waals surface area (Å²) >= 11 is 0. The minimum absolute atomic E-state index is 0.0262. The van der Waals surface area contributed by atoms with Gasteiger partial charge < -0.3 is 9.64 Å². The number of carbonyl (C=O) groups is 1. The van der Waals surface area contributed by atoms with Crippen LogP contribution in [0.15, 0.2) is 59.5 Å². The molecular formula is C25H32N2O4S. The number of benzene rings is 2. The highest BCUT2D eigenvalue weighted by molar-refractivity contribution is 7.89. The summed E-state index contributed by atoms with van der Waals surface area (Å²) in [6, 6.07) is 14.9. The Morgan fingerprint density at radius 3 is 2.41 bits per heavy atom. The summed E-state index contributed by atoms with van der Waals surface area (Å²) in [4.78, 5) is 14.8. The van der Waals surface area contributed by atoms with Gasteiger partial charge in [0.05, 0.1) is 7.11 Å². The molecule has 2 aromatic rings. The highest BCUT2D eigenvalue weighted by Gasteiger charge is 2.29. The quantitative estimate of drug-likeness (QED) is 0.555. The summed E-state index contributed by atoms with van der Waals surface area (Å²) in [6.45, 7) is 5.51. The van der Waals surface area contributed by atoms with Crippen molar-refractivity contribution in [3.8, 4) is 5.75 Å². The molecule has 0 aliphatic carbocycles. The Bertz CT molecular complexity index is 1040. The van der Waals surface area contributed by atoms with Crippen LogP contribution in [0.1, 0.15) is 44.2 Å². The monoisotopic (exact) mass is 456 g/mol. The third-order valence-electron chi connectivity index (χ3n) is 5.64. The van der Waals surface area contributed by atoms with E-state index in [0.717, 1.165) is 24.8 Å². The van der Waals surface area contributed by atoms with Crippen LogP contribution in [0.5, 0.6) is 5.75 Å². The molecule has 1 fully saturated rings. The van der Waals surface area contributed by atoms with Crippen molar-refractivity contribution >= 4 is 22.0 Å². The summed E-state index contributed by atoms with van der Waals surface area (Å²) in [5, 5.41) is 0. The van der Waals surface area contributed by atoms with Crippen LogP contribution in [-0.4, -0.2) is 49.8 Å². The zero-order valence-corrected chi connectivity index (χ0v) is 19.8. The molecule has 1 heterocycles. The van der Waals surface area contributed by atoms with Crippen LogP contribution < -0.4 is 4.74 Å². The Kier molecular flexibility index (Phi) is 8.10. The fraction of sp³-hybridized carbons (Fsp3) is 0.400. The number of sulfonamides is 1. The third kappa shape index (κ3) is 5.78. The second-order valence-electron chi connectivity index (χ2n) is 8.25. The Balaban J connectivity index is 1.83. The van der Waals surface area contributed by atoms with Crippen molar-refractivity contribution in [2.75, 3.05) is 20.2 Å². The standard InChI is InChI=1S/C25H32N2O4S/c1-20(2)27(19-22-10-6-4-7-11-22)25(28)15-13-21-12-14-23(31-3)24(18-21)32(29,30)26-16-8-5-9-17-26/h4,6-7,10-15,18,20H,5,8-9,16-17,19H2,1-3H3/b15-13+. The van der Waals surface area contributed by atoms with E-state index >= 15 is 0 Å². The van der Waals surface area contributed by atoms with Crippen LogP contribution in [-0.2, 0) is 21.4 Å². The van der Waals surface area contributed by atoms with Gasteiger partial charge in [-0.15, -0.1) is 0 Å². The largest absolute Gasteiger partial charge is 0.495 e. The average molecular weight is 457 g/mol. The van der Waals surface area contributed by atoms with E-state index < -0.39 is 10.0 Å². The van der Waals surface area contributed by atoms with Gasteiger partial charge in [0.2, 0.25) is 15.9 Å². The Morgan fingerprint density at radius 1 is 1.09 bits per heavy atom. The van der Waals surface area contributed by atoms with Gasteiger partial charge in [0.15, 0.2) is 0 Å². The van der Waals surface area contributed by atoms with Gasteiger partial charge in [-0.1, -0.05) is 42.8 Å². The van der Waals surface area contributed by atoms with Crippen LogP contribution >= 0.6 is 0 Å². The first-order chi connectivity index (χ1) is 15.3. The van der Waals surface area contributed by atoms with E-state index in [1.54, 1.807) is 29.2 Å². The molecule has 0 atom stereocenters. The van der Waals surface area contributed by atoms with Gasteiger partial charge in [-0.2, -0.15) is 4.31 Å². The Labute approximate surface area is 191 Å². The zero-order chi connectivity index (χ0) is 23.1. The number of carbonyl (C=O) groups excluding carboxylic acids is 1. The molecule has 0 bridgehead atoms. The van der Waals surface area contributed by atoms with Gasteiger partial charge in [0.1, 0.15) is 10.6 Å². The Morgan fingerprint density at radius 2 is 1.78 bits per heavy atom. The van der Waals surface area contributed by atoms with E-state index in [-0.39, 0.29) is 16.8 Å². The second kappa shape index (κ2) is 10.8. The van der Waals surface area contributed by atoms with E-state index in [1.165, 1.54) is 17.5 Å². The summed E-state index contributed by atoms with van der Waals surface area (Å²) in [5.74, 6) is 0.187. The molecule has 1 aliphatic rings. The predicted molar refractivity (Wildman–Crippen MR) is 127 cm³/mol. The van der Waals surface area contributed by atoms with Gasteiger partial charge in [-0.3, -0.25) is 4.79 Å². The van der Waals surface area contributed by atoms with Crippen LogP contribution in [0.3, 0.4) is 0 Å². The minimum atomic E-state index is -3.66. The maximum atomic E-state index is 13.2. The van der Waals surface area contributed by atoms with Crippen molar-refractivity contribution in [1.82, 2.24) is 9.21 Å². The highest BCUT2D eigenvalue weighted by Crippen LogP contribution is 2.30. The van der Waals surface area contributed by atoms with Crippen LogP contribution in [0, 0.1) is 0 Å². The molecule has 7 heteroatoms. The number of hydrogen-bond donors (Lipinski definition) is 0. The smallest absolute Gasteiger partial charge is 0.247 e. The SMILES string of the molecule is COc1ccc(/C=C/C(=O)N(Cc2ccccc2)C(C)C)cc1S(=O)(=O)N1CCCCC1. The van der Waals surface area contributed by atoms with Gasteiger partial charge in [0, 0.05) is 31.8 Å². The molecule has 0 unspecified atom stereocenters. The number of rotatable bonds is 8. The molecule has 2 aromatic carbocycles. The number of nitrogens with zero attached hydrogens (tertiary/aromatic N) is 2. The van der Waals surface area contributed by atoms with Crippen molar-refractivity contribution < 1.29 is 17.9 Å². The molecule has 0 radical (unpaired) electrons. The number of hydrogen-bond acceptors (Lipinski definition) is 4. The first kappa shape index (κ1) is 24.0. The molecule has 172 valence electrons. The first-order valence-corrected chi connectivity index (χ1v) is 12.5. The van der Waals surface area contributed by atoms with Crippen molar-refractivity contribution in [2.45, 2.75) is 50.6 Å². The first-order valence-electron chi connectivity index (χ1n) is 11.0. The third-order valence-corrected chi connectivity index (χ3v) is 7.56. The topological polar surface area (TPSA) is 66.9 Å². The number of piperidine rings is 1. The second-order valence-corrected chi connectivity index (χ2v) is 10.2. The lowest BCUT2D eigenvalue weighted by Gasteiger charge is -2.26. The van der Waals surface area contributed by atoms with Crippen molar-refractivity contribution in [2.24, 2.45) is 0 Å². The number of methoxy groups -OCH3 is 1. The van der Waals surface area contributed by atoms with E-state index in [2.05, 4.69) is 0 Å². The molecule has 1 amide bonds. The minimum Gasteiger partial charge on any atom is -0.495 e. The summed E-state index contributed by atoms with van der Waals surface area (Å²) in [7, 11) is -2.19. The molecule has 0 aromatic heterocycles. The molecule has 0 saturated carbocycles. The van der Waals surface area contributed by atoms with Crippen molar-refractivity contribution in [1.29, 1.82) is 0 Å². The lowest BCUT2D eigenvalue weighted by molar-refractivity contribution is -0.128. The average Bonchev–Trinajstić information content (AvgIpc) is 2.81. The molecule has 0 spiro atoms. The van der Waals surface area contributed by atoms with Crippen LogP contribution in [0.4, 0.5) is 0 Å². The normalized spacial score (nSPS) is 15.2. The van der Waals surface area contributed by atoms with Gasteiger partial charge in [-0.05, 0) is 56.0 Å². The van der Waals surface area contributed by atoms with E-state index in [4.69, 9.17) is 4.74 Å². The van der Waals surface area contributed by atoms with E-state index in [0.29, 0.717) is 30.9 Å². The summed E-state index contributed by atoms with van der Waals surface area (Å²) in [5.41, 5.74) is 1.69. The molecule has 1 saturated heterocycles. The van der Waals surface area contributed by atoms with Crippen LogP contribution in [0.2, 0.25) is 0 Å². The molecule has 0 N–H and O–H groups in total. The van der Waals surface area contributed by atoms with Gasteiger partial charge in [0.25, 0.3) is 0 Å². The highest BCUT2D eigenvalue weighted by atomic mass is 32.2. The van der Waals surface area contributed by atoms with E-state index in [9.17, 15) is 13.2 Å². The predicted octanol–water partition coefficient (Wildman–Crippen LogP) is 4.32. The maximum Gasteiger partial charge on any atom is 0.247 e. The fourth-order valence-corrected chi connectivity index (χ4v) is 5.51. The zero-order valence-electron chi connectivity index (χ0n) is 19.0. The summed E-state index contributed by atoms with van der Waals surface area (Å²) < 4.78 is 33.3. The van der Waals surface area contributed by atoms with Gasteiger partial charge >= 0.3 is 0 Å². The van der Waals surface area contributed by atoms with Gasteiger partial charge in [-0.25, -0.2) is 8.42 Å². The summed E-state index contributed by atoms with van der Waals surface area (Å²) in [6.07, 6.45) is 5.94. The maximum absolute atomic E-state index is 13.2. The molecule has 6 nitrogen and oxygen atoms in total.